The molecule has 0 aliphatic rings. The first kappa shape index (κ1) is 17.0. The number of rotatable bonds is 5. The summed E-state index contributed by atoms with van der Waals surface area (Å²) < 4.78 is 209. The summed E-state index contributed by atoms with van der Waals surface area (Å²) in [6.07, 6.45) is 0. The molecule has 9 aromatic carbocycles. The number of nitrogens with zero attached hydrogens (tertiary/aromatic N) is 2. The van der Waals surface area contributed by atoms with Crippen LogP contribution in [0.4, 0.5) is 0 Å². The summed E-state index contributed by atoms with van der Waals surface area (Å²) >= 11 is 0. The summed E-state index contributed by atoms with van der Waals surface area (Å²) in [6.45, 7) is 0. The van der Waals surface area contributed by atoms with Gasteiger partial charge in [-0.1, -0.05) is 127 Å². The minimum Gasteiger partial charge on any atom is -0.456 e. The quantitative estimate of drug-likeness (QED) is 0.172. The summed E-state index contributed by atoms with van der Waals surface area (Å²) in [5, 5.41) is -0.898. The molecule has 12 aromatic rings. The van der Waals surface area contributed by atoms with Gasteiger partial charge >= 0.3 is 0 Å². The van der Waals surface area contributed by atoms with E-state index in [4.69, 9.17) is 18.1 Å². The molecule has 0 saturated heterocycles. The Labute approximate surface area is 359 Å². The van der Waals surface area contributed by atoms with Gasteiger partial charge in [0.05, 0.1) is 52.2 Å². The average Bonchev–Trinajstić information content (AvgIpc) is 3.87. The van der Waals surface area contributed by atoms with Crippen LogP contribution >= 0.6 is 0 Å². The highest BCUT2D eigenvalue weighted by atomic mass is 16.3. The summed E-state index contributed by atoms with van der Waals surface area (Å²) in [7, 11) is 0. The van der Waals surface area contributed by atoms with Gasteiger partial charge in [-0.3, -0.25) is 0 Å². The van der Waals surface area contributed by atoms with Crippen LogP contribution in [0.3, 0.4) is 0 Å². The number of benzene rings is 9. The van der Waals surface area contributed by atoms with Gasteiger partial charge in [0.15, 0.2) is 0 Å². The Hall–Kier alpha value is -7.62. The van der Waals surface area contributed by atoms with Gasteiger partial charge in [-0.15, -0.1) is 0 Å². The van der Waals surface area contributed by atoms with Gasteiger partial charge in [0.2, 0.25) is 0 Å². The number of hydrogen-bond donors (Lipinski definition) is 0. The standard InChI is InChI=1S/C54H34N2O/c1-3-13-35(14-4-1)36-15-11-16-37(31-36)38-25-28-44-45-29-27-41(34-53(45)57-52(44)33-38)56-48-22-9-7-19-43(48)47-32-39(26-30-50(47)56)42-21-12-24-51-54(42)46-20-8-10-23-49(46)55(51)40-17-5-2-6-18-40/h1-34H/i3D,7D,8D,9D,10D,11D,12D,14D,15D,19D,22D,23D,24D,25D,26D,27D,28D,29D,31D,32D,33D,34D. The van der Waals surface area contributed by atoms with E-state index in [0.717, 1.165) is 10.6 Å². The minimum atomic E-state index is -0.771. The molecule has 0 aliphatic carbocycles. The van der Waals surface area contributed by atoms with Crippen LogP contribution in [-0.2, 0) is 0 Å². The van der Waals surface area contributed by atoms with Crippen LogP contribution in [0.25, 0.3) is 110 Å². The predicted molar refractivity (Wildman–Crippen MR) is 239 cm³/mol. The molecule has 0 amide bonds. The van der Waals surface area contributed by atoms with Crippen molar-refractivity contribution in [1.82, 2.24) is 9.13 Å². The Morgan fingerprint density at radius 1 is 0.351 bits per heavy atom. The second kappa shape index (κ2) is 12.5. The zero-order valence-corrected chi connectivity index (χ0v) is 29.2. The van der Waals surface area contributed by atoms with E-state index in [9.17, 15) is 16.4 Å². The Morgan fingerprint density at radius 3 is 2.04 bits per heavy atom. The molecule has 0 unspecified atom stereocenters. The Balaban J connectivity index is 1.17. The number of hydrogen-bond acceptors (Lipinski definition) is 1. The van der Waals surface area contributed by atoms with Crippen molar-refractivity contribution in [3.8, 4) is 44.8 Å². The van der Waals surface area contributed by atoms with Crippen LogP contribution in [-0.4, -0.2) is 9.13 Å². The Bertz CT molecular complexity index is 4810. The van der Waals surface area contributed by atoms with Gasteiger partial charge in [0.25, 0.3) is 0 Å². The van der Waals surface area contributed by atoms with Crippen LogP contribution in [0.15, 0.2) is 210 Å². The van der Waals surface area contributed by atoms with E-state index < -0.39 is 119 Å². The molecule has 3 heteroatoms. The molecule has 0 radical (unpaired) electrons. The lowest BCUT2D eigenvalue weighted by Crippen LogP contribution is -1.93. The lowest BCUT2D eigenvalue weighted by atomic mass is 9.98. The molecule has 3 heterocycles. The van der Waals surface area contributed by atoms with Crippen molar-refractivity contribution in [1.29, 1.82) is 0 Å². The van der Waals surface area contributed by atoms with Gasteiger partial charge in [-0.25, -0.2) is 0 Å². The van der Waals surface area contributed by atoms with Crippen molar-refractivity contribution in [3.05, 3.63) is 206 Å². The van der Waals surface area contributed by atoms with E-state index in [-0.39, 0.29) is 118 Å². The maximum Gasteiger partial charge on any atom is 0.137 e. The first-order valence-electron chi connectivity index (χ1n) is 28.7. The van der Waals surface area contributed by atoms with Crippen LogP contribution in [0.5, 0.6) is 0 Å². The van der Waals surface area contributed by atoms with Crippen molar-refractivity contribution in [3.63, 3.8) is 0 Å². The molecule has 12 rings (SSSR count). The molecule has 57 heavy (non-hydrogen) atoms. The lowest BCUT2D eigenvalue weighted by Gasteiger charge is -2.10. The summed E-state index contributed by atoms with van der Waals surface area (Å²) in [5.74, 6) is 0. The molecular weight excluding hydrogens is 693 g/mol. The fraction of sp³-hybridized carbons (Fsp3) is 0. The Morgan fingerprint density at radius 2 is 1.11 bits per heavy atom. The monoisotopic (exact) mass is 748 g/mol. The van der Waals surface area contributed by atoms with E-state index in [1.54, 1.807) is 30.3 Å². The zero-order valence-electron chi connectivity index (χ0n) is 51.2. The van der Waals surface area contributed by atoms with Crippen molar-refractivity contribution in [2.45, 2.75) is 0 Å². The van der Waals surface area contributed by atoms with Gasteiger partial charge in [-0.05, 0) is 106 Å². The molecule has 0 bridgehead atoms. The molecule has 0 aliphatic heterocycles. The van der Waals surface area contributed by atoms with Crippen LogP contribution in [0.2, 0.25) is 0 Å². The summed E-state index contributed by atoms with van der Waals surface area (Å²) in [5.41, 5.74) is -2.69. The largest absolute Gasteiger partial charge is 0.456 e. The lowest BCUT2D eigenvalue weighted by molar-refractivity contribution is 0.669. The van der Waals surface area contributed by atoms with Gasteiger partial charge in [0.1, 0.15) is 11.2 Å². The first-order chi connectivity index (χ1) is 37.4. The zero-order chi connectivity index (χ0) is 56.6. The molecule has 0 N–H and O–H groups in total. The minimum absolute atomic E-state index is 0.00225. The summed E-state index contributed by atoms with van der Waals surface area (Å²) in [4.78, 5) is 0. The highest BCUT2D eigenvalue weighted by molar-refractivity contribution is 6.17. The van der Waals surface area contributed by atoms with Crippen LogP contribution in [0.1, 0.15) is 30.2 Å². The number of furan rings is 1. The third-order valence-electron chi connectivity index (χ3n) is 9.96. The van der Waals surface area contributed by atoms with E-state index in [2.05, 4.69) is 0 Å². The first-order valence-corrected chi connectivity index (χ1v) is 17.7. The molecule has 0 atom stereocenters. The highest BCUT2D eigenvalue weighted by Crippen LogP contribution is 2.42. The molecule has 0 fully saturated rings. The van der Waals surface area contributed by atoms with E-state index >= 15 is 0 Å². The van der Waals surface area contributed by atoms with Gasteiger partial charge in [-0.2, -0.15) is 0 Å². The molecular formula is C54H34N2O. The normalized spacial score (nSPS) is 17.3. The average molecular weight is 749 g/mol. The van der Waals surface area contributed by atoms with Gasteiger partial charge in [0, 0.05) is 49.7 Å². The van der Waals surface area contributed by atoms with Crippen LogP contribution < -0.4 is 0 Å². The maximum absolute atomic E-state index is 10.0. The molecule has 0 saturated carbocycles. The maximum atomic E-state index is 10.0. The Kier molecular flexibility index (Phi) is 3.72. The smallest absolute Gasteiger partial charge is 0.137 e. The van der Waals surface area contributed by atoms with Crippen molar-refractivity contribution >= 4 is 65.6 Å². The third kappa shape index (κ3) is 4.92. The SMILES string of the molecule is [2H]c1ccc([2H])c(-c2c([2H])c([2H])cc(-c3c([2H])c([2H])c4c(oc5c([2H])c(-n6c7cc([2H])c(-c8cc([2H])c([2H])c9c8c8cc([2H])c([2H])c([2H])c8n9-c8ccccc8)c([2H])c7c7c([2H])c([2H])c([2H])c([2H])c76)c([2H])c([2H])c54)c3[2H])c2[2H])c1. The number of aromatic nitrogens is 2. The van der Waals surface area contributed by atoms with E-state index in [0.29, 0.717) is 5.69 Å². The third-order valence-corrected chi connectivity index (χ3v) is 9.96. The fourth-order valence-corrected chi connectivity index (χ4v) is 7.46. The predicted octanol–water partition coefficient (Wildman–Crippen LogP) is 14.8. The van der Waals surface area contributed by atoms with E-state index in [1.165, 1.54) is 41.0 Å². The summed E-state index contributed by atoms with van der Waals surface area (Å²) in [6, 6.07) is 5.71. The van der Waals surface area contributed by atoms with Crippen molar-refractivity contribution in [2.75, 3.05) is 0 Å². The number of para-hydroxylation sites is 3. The van der Waals surface area contributed by atoms with E-state index in [1.807, 2.05) is 0 Å². The molecule has 266 valence electrons. The van der Waals surface area contributed by atoms with Crippen molar-refractivity contribution < 1.29 is 34.6 Å². The fourth-order valence-electron chi connectivity index (χ4n) is 7.46. The molecule has 3 aromatic heterocycles. The van der Waals surface area contributed by atoms with Gasteiger partial charge < -0.3 is 13.6 Å². The molecule has 3 nitrogen and oxygen atoms in total. The second-order valence-corrected chi connectivity index (χ2v) is 13.1. The van der Waals surface area contributed by atoms with Crippen molar-refractivity contribution in [2.24, 2.45) is 0 Å². The second-order valence-electron chi connectivity index (χ2n) is 13.1. The van der Waals surface area contributed by atoms with Crippen LogP contribution in [0, 0.1) is 0 Å². The molecule has 0 spiro atoms. The number of fused-ring (bicyclic) bond motifs is 9. The topological polar surface area (TPSA) is 23.0 Å². The highest BCUT2D eigenvalue weighted by Gasteiger charge is 2.19.